The lowest BCUT2D eigenvalue weighted by Crippen LogP contribution is -2.58. The standard InChI is InChI=1S/C17H17NO5/c1-3-22-17(20)14-15(13-5-4-10-23-13)18(16(14)19)11-6-8-12(21-2)9-7-11/h4-10,14-15H,3H2,1-2H3/t14-,15-/m1/s1. The fourth-order valence-electron chi connectivity index (χ4n) is 2.73. The topological polar surface area (TPSA) is 69.0 Å². The smallest absolute Gasteiger partial charge is 0.321 e. The third kappa shape index (κ3) is 2.56. The second-order valence-electron chi connectivity index (χ2n) is 5.10. The quantitative estimate of drug-likeness (QED) is 0.482. The van der Waals surface area contributed by atoms with Crippen molar-refractivity contribution in [3.63, 3.8) is 0 Å². The molecule has 0 bridgehead atoms. The van der Waals surface area contributed by atoms with Crippen molar-refractivity contribution in [2.24, 2.45) is 5.92 Å². The van der Waals surface area contributed by atoms with Gasteiger partial charge in [0, 0.05) is 5.69 Å². The van der Waals surface area contributed by atoms with E-state index in [4.69, 9.17) is 13.9 Å². The Morgan fingerprint density at radius 3 is 2.57 bits per heavy atom. The van der Waals surface area contributed by atoms with Crippen LogP contribution in [0, 0.1) is 5.92 Å². The van der Waals surface area contributed by atoms with Crippen molar-refractivity contribution in [1.82, 2.24) is 0 Å². The van der Waals surface area contributed by atoms with E-state index in [2.05, 4.69) is 0 Å². The zero-order chi connectivity index (χ0) is 16.4. The molecule has 2 atom stereocenters. The van der Waals surface area contributed by atoms with Crippen LogP contribution in [0.25, 0.3) is 0 Å². The van der Waals surface area contributed by atoms with E-state index in [0.29, 0.717) is 17.2 Å². The number of amides is 1. The molecule has 6 heteroatoms. The monoisotopic (exact) mass is 315 g/mol. The Morgan fingerprint density at radius 2 is 2.00 bits per heavy atom. The van der Waals surface area contributed by atoms with Crippen molar-refractivity contribution >= 4 is 17.6 Å². The molecule has 1 aliphatic rings. The summed E-state index contributed by atoms with van der Waals surface area (Å²) in [5.41, 5.74) is 0.678. The van der Waals surface area contributed by atoms with E-state index < -0.39 is 17.9 Å². The zero-order valence-electron chi connectivity index (χ0n) is 12.9. The fourth-order valence-corrected chi connectivity index (χ4v) is 2.73. The molecule has 3 rings (SSSR count). The van der Waals surface area contributed by atoms with Gasteiger partial charge in [-0.1, -0.05) is 0 Å². The number of benzene rings is 1. The van der Waals surface area contributed by atoms with Crippen molar-refractivity contribution in [1.29, 1.82) is 0 Å². The molecule has 120 valence electrons. The number of carbonyl (C=O) groups is 2. The van der Waals surface area contributed by atoms with Crippen LogP contribution in [0.15, 0.2) is 47.1 Å². The van der Waals surface area contributed by atoms with Crippen LogP contribution in [0.1, 0.15) is 18.7 Å². The van der Waals surface area contributed by atoms with E-state index in [1.807, 2.05) is 0 Å². The summed E-state index contributed by atoms with van der Waals surface area (Å²) in [5.74, 6) is -0.446. The van der Waals surface area contributed by atoms with Gasteiger partial charge >= 0.3 is 5.97 Å². The molecule has 0 saturated carbocycles. The number of furan rings is 1. The number of carbonyl (C=O) groups excluding carboxylic acids is 2. The molecule has 1 aromatic heterocycles. The van der Waals surface area contributed by atoms with Crippen LogP contribution >= 0.6 is 0 Å². The fraction of sp³-hybridized carbons (Fsp3) is 0.294. The molecular formula is C17H17NO5. The first-order valence-electron chi connectivity index (χ1n) is 7.34. The molecular weight excluding hydrogens is 298 g/mol. The van der Waals surface area contributed by atoms with Gasteiger partial charge in [-0.15, -0.1) is 0 Å². The summed E-state index contributed by atoms with van der Waals surface area (Å²) in [6, 6.07) is 10.1. The van der Waals surface area contributed by atoms with Crippen molar-refractivity contribution in [2.45, 2.75) is 13.0 Å². The Bertz CT molecular complexity index is 692. The highest BCUT2D eigenvalue weighted by atomic mass is 16.5. The van der Waals surface area contributed by atoms with E-state index in [1.54, 1.807) is 55.3 Å². The lowest BCUT2D eigenvalue weighted by atomic mass is 9.84. The maximum atomic E-state index is 12.5. The zero-order valence-corrected chi connectivity index (χ0v) is 12.9. The number of hydrogen-bond acceptors (Lipinski definition) is 5. The SMILES string of the molecule is CCOC(=O)[C@H]1C(=O)N(c2ccc(OC)cc2)[C@@H]1c1ccco1. The summed E-state index contributed by atoms with van der Waals surface area (Å²) in [6.45, 7) is 1.94. The number of nitrogens with zero attached hydrogens (tertiary/aromatic N) is 1. The summed E-state index contributed by atoms with van der Waals surface area (Å²) in [4.78, 5) is 26.1. The number of esters is 1. The number of anilines is 1. The summed E-state index contributed by atoms with van der Waals surface area (Å²) in [6.07, 6.45) is 1.52. The molecule has 0 aliphatic carbocycles. The van der Waals surface area contributed by atoms with E-state index in [1.165, 1.54) is 6.26 Å². The van der Waals surface area contributed by atoms with Gasteiger partial charge in [-0.3, -0.25) is 14.5 Å². The minimum atomic E-state index is -0.872. The van der Waals surface area contributed by atoms with E-state index in [9.17, 15) is 9.59 Å². The van der Waals surface area contributed by atoms with Crippen LogP contribution in [-0.4, -0.2) is 25.6 Å². The van der Waals surface area contributed by atoms with Crippen molar-refractivity contribution in [3.8, 4) is 5.75 Å². The van der Waals surface area contributed by atoms with Gasteiger partial charge in [0.1, 0.15) is 17.6 Å². The highest BCUT2D eigenvalue weighted by Gasteiger charge is 2.55. The molecule has 0 unspecified atom stereocenters. The molecule has 1 aromatic carbocycles. The van der Waals surface area contributed by atoms with Crippen LogP contribution in [0.2, 0.25) is 0 Å². The van der Waals surface area contributed by atoms with Gasteiger partial charge in [-0.2, -0.15) is 0 Å². The van der Waals surface area contributed by atoms with E-state index in [-0.39, 0.29) is 12.5 Å². The number of hydrogen-bond donors (Lipinski definition) is 0. The first-order valence-corrected chi connectivity index (χ1v) is 7.34. The maximum absolute atomic E-state index is 12.5. The Labute approximate surface area is 133 Å². The molecule has 1 saturated heterocycles. The molecule has 6 nitrogen and oxygen atoms in total. The van der Waals surface area contributed by atoms with Gasteiger partial charge in [0.2, 0.25) is 5.91 Å². The predicted octanol–water partition coefficient (Wildman–Crippen LogP) is 2.56. The van der Waals surface area contributed by atoms with Crippen LogP contribution in [0.3, 0.4) is 0 Å². The molecule has 0 radical (unpaired) electrons. The van der Waals surface area contributed by atoms with E-state index in [0.717, 1.165) is 0 Å². The average Bonchev–Trinajstić information content (AvgIpc) is 3.07. The molecule has 23 heavy (non-hydrogen) atoms. The largest absolute Gasteiger partial charge is 0.497 e. The number of rotatable bonds is 5. The third-order valence-corrected chi connectivity index (χ3v) is 3.82. The van der Waals surface area contributed by atoms with Crippen LogP contribution in [-0.2, 0) is 14.3 Å². The molecule has 1 amide bonds. The third-order valence-electron chi connectivity index (χ3n) is 3.82. The molecule has 2 heterocycles. The first kappa shape index (κ1) is 15.1. The molecule has 1 fully saturated rings. The molecule has 0 N–H and O–H groups in total. The first-order chi connectivity index (χ1) is 11.2. The van der Waals surface area contributed by atoms with Gasteiger partial charge in [-0.05, 0) is 43.3 Å². The highest BCUT2D eigenvalue weighted by Crippen LogP contribution is 2.44. The van der Waals surface area contributed by atoms with Crippen LogP contribution < -0.4 is 9.64 Å². The minimum absolute atomic E-state index is 0.232. The maximum Gasteiger partial charge on any atom is 0.321 e. The van der Waals surface area contributed by atoms with Gasteiger partial charge in [0.15, 0.2) is 5.92 Å². The lowest BCUT2D eigenvalue weighted by molar-refractivity contribution is -0.157. The molecule has 1 aliphatic heterocycles. The van der Waals surface area contributed by atoms with Crippen molar-refractivity contribution < 1.29 is 23.5 Å². The number of ether oxygens (including phenoxy) is 2. The van der Waals surface area contributed by atoms with Gasteiger partial charge in [0.05, 0.1) is 20.0 Å². The van der Waals surface area contributed by atoms with E-state index >= 15 is 0 Å². The Kier molecular flexibility index (Phi) is 4.06. The normalized spacial score (nSPS) is 20.1. The lowest BCUT2D eigenvalue weighted by Gasteiger charge is -2.44. The Balaban J connectivity index is 1.92. The van der Waals surface area contributed by atoms with Crippen molar-refractivity contribution in [2.75, 3.05) is 18.6 Å². The number of methoxy groups -OCH3 is 1. The highest BCUT2D eigenvalue weighted by molar-refractivity contribution is 6.13. The summed E-state index contributed by atoms with van der Waals surface area (Å²) in [7, 11) is 1.58. The second kappa shape index (κ2) is 6.16. The Hall–Kier alpha value is -2.76. The molecule has 0 spiro atoms. The average molecular weight is 315 g/mol. The Morgan fingerprint density at radius 1 is 1.26 bits per heavy atom. The number of β-lactam (4-membered cyclic amide) rings is 1. The van der Waals surface area contributed by atoms with Crippen molar-refractivity contribution in [3.05, 3.63) is 48.4 Å². The summed E-state index contributed by atoms with van der Waals surface area (Å²) < 4.78 is 15.6. The minimum Gasteiger partial charge on any atom is -0.497 e. The van der Waals surface area contributed by atoms with Crippen LogP contribution in [0.5, 0.6) is 5.75 Å². The molecule has 2 aromatic rings. The van der Waals surface area contributed by atoms with Gasteiger partial charge < -0.3 is 13.9 Å². The van der Waals surface area contributed by atoms with Gasteiger partial charge in [-0.25, -0.2) is 0 Å². The second-order valence-corrected chi connectivity index (χ2v) is 5.10. The van der Waals surface area contributed by atoms with Gasteiger partial charge in [0.25, 0.3) is 0 Å². The summed E-state index contributed by atoms with van der Waals surface area (Å²) >= 11 is 0. The predicted molar refractivity (Wildman–Crippen MR) is 82.1 cm³/mol. The van der Waals surface area contributed by atoms with Crippen LogP contribution in [0.4, 0.5) is 5.69 Å². The summed E-state index contributed by atoms with van der Waals surface area (Å²) in [5, 5.41) is 0.